The summed E-state index contributed by atoms with van der Waals surface area (Å²) in [6.07, 6.45) is 0.345. The Kier molecular flexibility index (Phi) is 5.19. The van der Waals surface area contributed by atoms with Gasteiger partial charge in [-0.3, -0.25) is 9.59 Å². The van der Waals surface area contributed by atoms with Gasteiger partial charge in [-0.25, -0.2) is 9.78 Å². The maximum absolute atomic E-state index is 12.5. The van der Waals surface area contributed by atoms with Gasteiger partial charge in [0.15, 0.2) is 11.9 Å². The molecule has 0 spiro atoms. The van der Waals surface area contributed by atoms with Crippen LogP contribution in [0, 0.1) is 13.8 Å². The van der Waals surface area contributed by atoms with Crippen LogP contribution in [-0.4, -0.2) is 33.6 Å². The summed E-state index contributed by atoms with van der Waals surface area (Å²) < 4.78 is 5.16. The minimum absolute atomic E-state index is 0.0194. The van der Waals surface area contributed by atoms with Gasteiger partial charge in [-0.2, -0.15) is 0 Å². The van der Waals surface area contributed by atoms with E-state index in [0.717, 1.165) is 0 Å². The molecular formula is C17H17ClN2O4. The largest absolute Gasteiger partial charge is 0.449 e. The predicted octanol–water partition coefficient (Wildman–Crippen LogP) is 3.31. The Hall–Kier alpha value is -2.47. The van der Waals surface area contributed by atoms with E-state index in [9.17, 15) is 14.4 Å². The van der Waals surface area contributed by atoms with Crippen LogP contribution in [0.2, 0.25) is 5.02 Å². The van der Waals surface area contributed by atoms with E-state index in [2.05, 4.69) is 9.97 Å². The van der Waals surface area contributed by atoms with Crippen LogP contribution in [0.1, 0.15) is 56.4 Å². The minimum atomic E-state index is -1.03. The molecule has 2 aromatic rings. The van der Waals surface area contributed by atoms with Crippen LogP contribution in [0.25, 0.3) is 0 Å². The third kappa shape index (κ3) is 3.54. The topological polar surface area (TPSA) is 89.1 Å². The molecule has 2 heterocycles. The summed E-state index contributed by atoms with van der Waals surface area (Å²) in [7, 11) is 0. The fraction of sp³-hybridized carbons (Fsp3) is 0.294. The van der Waals surface area contributed by atoms with Crippen molar-refractivity contribution in [1.82, 2.24) is 9.97 Å². The Bertz CT molecular complexity index is 826. The average Bonchev–Trinajstić information content (AvgIpc) is 2.81. The summed E-state index contributed by atoms with van der Waals surface area (Å²) in [5.41, 5.74) is 1.92. The molecule has 0 radical (unpaired) electrons. The number of aryl methyl sites for hydroxylation is 1. The Morgan fingerprint density at radius 3 is 2.50 bits per heavy atom. The van der Waals surface area contributed by atoms with Crippen LogP contribution in [0.5, 0.6) is 0 Å². The van der Waals surface area contributed by atoms with E-state index in [1.54, 1.807) is 13.8 Å². The predicted molar refractivity (Wildman–Crippen MR) is 88.7 cm³/mol. The van der Waals surface area contributed by atoms with Gasteiger partial charge in [0.2, 0.25) is 5.78 Å². The molecule has 1 N–H and O–H groups in total. The number of pyridine rings is 1. The maximum Gasteiger partial charge on any atom is 0.357 e. The van der Waals surface area contributed by atoms with Crippen LogP contribution < -0.4 is 0 Å². The summed E-state index contributed by atoms with van der Waals surface area (Å²) in [5.74, 6) is -1.29. The first-order valence-electron chi connectivity index (χ1n) is 7.29. The lowest BCUT2D eigenvalue weighted by atomic mass is 10.0. The number of ether oxygens (including phenoxy) is 1. The molecule has 0 bridgehead atoms. The first-order valence-corrected chi connectivity index (χ1v) is 7.67. The molecule has 0 aromatic carbocycles. The van der Waals surface area contributed by atoms with E-state index in [-0.39, 0.29) is 17.2 Å². The van der Waals surface area contributed by atoms with E-state index in [1.807, 2.05) is 0 Å². The number of carbonyl (C=O) groups is 3. The molecule has 0 fully saturated rings. The van der Waals surface area contributed by atoms with Crippen molar-refractivity contribution >= 4 is 29.1 Å². The third-order valence-corrected chi connectivity index (χ3v) is 3.86. The summed E-state index contributed by atoms with van der Waals surface area (Å²) in [4.78, 5) is 43.0. The Labute approximate surface area is 144 Å². The average molecular weight is 349 g/mol. The minimum Gasteiger partial charge on any atom is -0.449 e. The van der Waals surface area contributed by atoms with E-state index in [1.165, 1.54) is 32.2 Å². The Morgan fingerprint density at radius 2 is 1.96 bits per heavy atom. The number of aromatic amines is 1. The van der Waals surface area contributed by atoms with E-state index >= 15 is 0 Å². The molecule has 0 saturated heterocycles. The van der Waals surface area contributed by atoms with Gasteiger partial charge in [0.1, 0.15) is 5.69 Å². The Balaban J connectivity index is 2.20. The summed E-state index contributed by atoms with van der Waals surface area (Å²) >= 11 is 5.80. The fourth-order valence-corrected chi connectivity index (χ4v) is 2.68. The van der Waals surface area contributed by atoms with Crippen molar-refractivity contribution in [3.63, 3.8) is 0 Å². The highest BCUT2D eigenvalue weighted by molar-refractivity contribution is 6.30. The second-order valence-electron chi connectivity index (χ2n) is 5.45. The van der Waals surface area contributed by atoms with Crippen LogP contribution in [-0.2, 0) is 4.74 Å². The van der Waals surface area contributed by atoms with E-state index in [4.69, 9.17) is 16.3 Å². The number of H-pyrrole nitrogens is 1. The number of hydrogen-bond acceptors (Lipinski definition) is 5. The zero-order valence-electron chi connectivity index (χ0n) is 13.8. The highest BCUT2D eigenvalue weighted by atomic mass is 35.5. The highest BCUT2D eigenvalue weighted by Crippen LogP contribution is 2.21. The van der Waals surface area contributed by atoms with Gasteiger partial charge in [0, 0.05) is 22.5 Å². The Morgan fingerprint density at radius 1 is 1.29 bits per heavy atom. The van der Waals surface area contributed by atoms with Crippen LogP contribution in [0.4, 0.5) is 0 Å². The lowest BCUT2D eigenvalue weighted by molar-refractivity contribution is 0.0311. The van der Waals surface area contributed by atoms with Gasteiger partial charge >= 0.3 is 5.97 Å². The lowest BCUT2D eigenvalue weighted by Crippen LogP contribution is -2.25. The van der Waals surface area contributed by atoms with Gasteiger partial charge in [0.25, 0.3) is 0 Å². The smallest absolute Gasteiger partial charge is 0.357 e. The van der Waals surface area contributed by atoms with Gasteiger partial charge in [0.05, 0.1) is 5.69 Å². The monoisotopic (exact) mass is 348 g/mol. The number of aromatic nitrogens is 2. The second-order valence-corrected chi connectivity index (χ2v) is 5.89. The van der Waals surface area contributed by atoms with Crippen molar-refractivity contribution in [2.24, 2.45) is 0 Å². The third-order valence-electron chi connectivity index (χ3n) is 3.62. The molecule has 0 saturated carbocycles. The van der Waals surface area contributed by atoms with E-state index in [0.29, 0.717) is 21.8 Å². The molecule has 0 aliphatic heterocycles. The lowest BCUT2D eigenvalue weighted by Gasteiger charge is -2.12. The molecular weight excluding hydrogens is 332 g/mol. The number of halogens is 1. The molecule has 6 nitrogen and oxygen atoms in total. The SMILES string of the molecule is CC(=O)c1c(C)[nH]c(C(=O)[C@H](C)OC(=O)c2cc(Cl)ccn2)c1C. The molecule has 0 aliphatic rings. The molecule has 7 heteroatoms. The maximum atomic E-state index is 12.5. The molecule has 0 amide bonds. The van der Waals surface area contributed by atoms with Gasteiger partial charge in [-0.05, 0) is 45.4 Å². The number of nitrogens with zero attached hydrogens (tertiary/aromatic N) is 1. The van der Waals surface area contributed by atoms with Crippen molar-refractivity contribution < 1.29 is 19.1 Å². The molecule has 24 heavy (non-hydrogen) atoms. The van der Waals surface area contributed by atoms with E-state index < -0.39 is 17.9 Å². The summed E-state index contributed by atoms with van der Waals surface area (Å²) in [6.45, 7) is 6.30. The van der Waals surface area contributed by atoms with Gasteiger partial charge in [-0.15, -0.1) is 0 Å². The van der Waals surface area contributed by atoms with Gasteiger partial charge in [-0.1, -0.05) is 11.6 Å². The number of rotatable bonds is 5. The second kappa shape index (κ2) is 6.97. The first kappa shape index (κ1) is 17.9. The van der Waals surface area contributed by atoms with Crippen LogP contribution in [0.15, 0.2) is 18.3 Å². The number of esters is 1. The number of ketones is 2. The van der Waals surface area contributed by atoms with Gasteiger partial charge < -0.3 is 9.72 Å². The van der Waals surface area contributed by atoms with Crippen LogP contribution >= 0.6 is 11.6 Å². The standard InChI is InChI=1S/C17H17ClN2O4/c1-8-14(10(3)21)9(2)20-15(8)16(22)11(4)24-17(23)13-7-12(18)5-6-19-13/h5-7,11,20H,1-4H3/t11-/m0/s1. The van der Waals surface area contributed by atoms with Crippen molar-refractivity contribution in [1.29, 1.82) is 0 Å². The highest BCUT2D eigenvalue weighted by Gasteiger charge is 2.26. The summed E-state index contributed by atoms with van der Waals surface area (Å²) in [6, 6.07) is 2.89. The zero-order chi connectivity index (χ0) is 18.0. The van der Waals surface area contributed by atoms with Crippen molar-refractivity contribution in [2.45, 2.75) is 33.8 Å². The molecule has 2 rings (SSSR count). The van der Waals surface area contributed by atoms with Crippen molar-refractivity contribution in [3.8, 4) is 0 Å². The molecule has 0 unspecified atom stereocenters. The normalized spacial score (nSPS) is 11.9. The quantitative estimate of drug-likeness (QED) is 0.661. The number of nitrogens with one attached hydrogen (secondary N) is 1. The fourth-order valence-electron chi connectivity index (χ4n) is 2.52. The number of carbonyl (C=O) groups excluding carboxylic acids is 3. The number of hydrogen-bond donors (Lipinski definition) is 1. The van der Waals surface area contributed by atoms with Crippen LogP contribution in [0.3, 0.4) is 0 Å². The number of Topliss-reactive ketones (excluding diaryl/α,β-unsaturated/α-hetero) is 2. The van der Waals surface area contributed by atoms with Crippen molar-refractivity contribution in [2.75, 3.05) is 0 Å². The zero-order valence-corrected chi connectivity index (χ0v) is 14.5. The molecule has 2 aromatic heterocycles. The summed E-state index contributed by atoms with van der Waals surface area (Å²) in [5, 5.41) is 0.345. The molecule has 0 aliphatic carbocycles. The molecule has 1 atom stereocenters. The van der Waals surface area contributed by atoms with Crippen molar-refractivity contribution in [3.05, 3.63) is 51.6 Å². The molecule has 126 valence electrons. The first-order chi connectivity index (χ1) is 11.2.